The molecule has 3 atom stereocenters. The number of hydrogen-bond acceptors (Lipinski definition) is 3. The van der Waals surface area contributed by atoms with Crippen LogP contribution in [0, 0.1) is 0 Å². The summed E-state index contributed by atoms with van der Waals surface area (Å²) in [5, 5.41) is 9.23. The van der Waals surface area contributed by atoms with Crippen LogP contribution in [0.5, 0.6) is 0 Å². The van der Waals surface area contributed by atoms with Crippen molar-refractivity contribution in [2.24, 2.45) is 0 Å². The number of rotatable bonds is 4. The van der Waals surface area contributed by atoms with Gasteiger partial charge in [-0.2, -0.15) is 0 Å². The molecule has 0 saturated heterocycles. The lowest BCUT2D eigenvalue weighted by atomic mass is 9.97. The molecular weight excluding hydrogens is 300 g/mol. The lowest BCUT2D eigenvalue weighted by molar-refractivity contribution is 0.0696. The van der Waals surface area contributed by atoms with E-state index in [4.69, 9.17) is 21.4 Å². The number of carbonyl (C=O) groups is 1. The second-order valence-electron chi connectivity index (χ2n) is 4.89. The average Bonchev–Trinajstić information content (AvgIpc) is 2.46. The van der Waals surface area contributed by atoms with E-state index >= 15 is 0 Å². The van der Waals surface area contributed by atoms with Crippen LogP contribution >= 0.6 is 11.6 Å². The van der Waals surface area contributed by atoms with Crippen molar-refractivity contribution >= 4 is 28.4 Å². The van der Waals surface area contributed by atoms with E-state index in [0.717, 1.165) is 25.7 Å². The second-order valence-corrected chi connectivity index (χ2v) is 7.03. The van der Waals surface area contributed by atoms with E-state index in [1.165, 1.54) is 12.1 Å². The molecule has 4 nitrogen and oxygen atoms in total. The number of ether oxygens (including phenoxy) is 1. The molecule has 20 heavy (non-hydrogen) atoms. The monoisotopic (exact) mass is 316 g/mol. The smallest absolute Gasteiger partial charge is 0.337 e. The van der Waals surface area contributed by atoms with E-state index in [1.807, 2.05) is 0 Å². The topological polar surface area (TPSA) is 63.6 Å². The van der Waals surface area contributed by atoms with Gasteiger partial charge in [0.25, 0.3) is 0 Å². The Morgan fingerprint density at radius 1 is 1.45 bits per heavy atom. The van der Waals surface area contributed by atoms with Crippen molar-refractivity contribution in [2.45, 2.75) is 41.9 Å². The molecule has 3 unspecified atom stereocenters. The van der Waals surface area contributed by atoms with E-state index in [9.17, 15) is 9.00 Å². The Kier molecular flexibility index (Phi) is 5.18. The third-order valence-electron chi connectivity index (χ3n) is 3.61. The van der Waals surface area contributed by atoms with Gasteiger partial charge < -0.3 is 9.84 Å². The molecule has 1 N–H and O–H groups in total. The minimum atomic E-state index is -1.23. The number of carboxylic acid groups (broad SMARTS) is 1. The normalized spacial score (nSPS) is 24.3. The first-order valence-electron chi connectivity index (χ1n) is 6.49. The lowest BCUT2D eigenvalue weighted by Gasteiger charge is -2.27. The molecule has 0 radical (unpaired) electrons. The average molecular weight is 317 g/mol. The van der Waals surface area contributed by atoms with Crippen molar-refractivity contribution in [1.29, 1.82) is 0 Å². The number of aromatic carboxylic acids is 1. The van der Waals surface area contributed by atoms with Crippen LogP contribution in [0.25, 0.3) is 0 Å². The zero-order valence-corrected chi connectivity index (χ0v) is 12.7. The van der Waals surface area contributed by atoms with Crippen LogP contribution in [0.1, 0.15) is 36.0 Å². The Labute approximate surface area is 125 Å². The zero-order valence-electron chi connectivity index (χ0n) is 11.2. The van der Waals surface area contributed by atoms with Gasteiger partial charge in [0.15, 0.2) is 0 Å². The maximum Gasteiger partial charge on any atom is 0.337 e. The van der Waals surface area contributed by atoms with Crippen LogP contribution in [0.15, 0.2) is 23.1 Å². The number of methoxy groups -OCH3 is 1. The molecule has 1 saturated carbocycles. The summed E-state index contributed by atoms with van der Waals surface area (Å²) in [5.74, 6) is -1.10. The number of benzene rings is 1. The summed E-state index contributed by atoms with van der Waals surface area (Å²) in [6, 6.07) is 4.55. The largest absolute Gasteiger partial charge is 0.478 e. The van der Waals surface area contributed by atoms with Gasteiger partial charge in [-0.25, -0.2) is 4.79 Å². The highest BCUT2D eigenvalue weighted by Gasteiger charge is 2.27. The highest BCUT2D eigenvalue weighted by Crippen LogP contribution is 2.29. The predicted molar refractivity (Wildman–Crippen MR) is 77.9 cm³/mol. The Morgan fingerprint density at radius 3 is 2.85 bits per heavy atom. The van der Waals surface area contributed by atoms with Crippen molar-refractivity contribution in [3.05, 3.63) is 28.8 Å². The Morgan fingerprint density at radius 2 is 2.20 bits per heavy atom. The van der Waals surface area contributed by atoms with Gasteiger partial charge in [-0.05, 0) is 43.9 Å². The molecule has 0 spiro atoms. The van der Waals surface area contributed by atoms with Crippen LogP contribution in [0.3, 0.4) is 0 Å². The van der Waals surface area contributed by atoms with Gasteiger partial charge in [-0.15, -0.1) is 0 Å². The molecule has 1 aliphatic carbocycles. The summed E-state index contributed by atoms with van der Waals surface area (Å²) in [6.45, 7) is 0. The molecule has 2 rings (SSSR count). The summed E-state index contributed by atoms with van der Waals surface area (Å²) in [7, 11) is 0.438. The van der Waals surface area contributed by atoms with Crippen LogP contribution < -0.4 is 0 Å². The fourth-order valence-corrected chi connectivity index (χ4v) is 4.29. The minimum Gasteiger partial charge on any atom is -0.478 e. The van der Waals surface area contributed by atoms with Gasteiger partial charge in [-0.3, -0.25) is 4.21 Å². The molecule has 110 valence electrons. The quantitative estimate of drug-likeness (QED) is 0.927. The first-order chi connectivity index (χ1) is 9.52. The van der Waals surface area contributed by atoms with Gasteiger partial charge >= 0.3 is 5.97 Å². The fourth-order valence-electron chi connectivity index (χ4n) is 2.50. The molecule has 0 aliphatic heterocycles. The van der Waals surface area contributed by atoms with Gasteiger partial charge in [0.2, 0.25) is 0 Å². The van der Waals surface area contributed by atoms with Crippen LogP contribution in [0.4, 0.5) is 0 Å². The molecule has 1 aromatic carbocycles. The van der Waals surface area contributed by atoms with E-state index in [0.29, 0.717) is 4.90 Å². The molecule has 0 heterocycles. The maximum atomic E-state index is 12.6. The number of halogens is 1. The van der Waals surface area contributed by atoms with Crippen LogP contribution in [-0.2, 0) is 15.5 Å². The molecule has 1 aliphatic rings. The zero-order chi connectivity index (χ0) is 14.7. The lowest BCUT2D eigenvalue weighted by Crippen LogP contribution is -2.28. The summed E-state index contributed by atoms with van der Waals surface area (Å²) < 4.78 is 17.9. The van der Waals surface area contributed by atoms with Crippen molar-refractivity contribution in [3.63, 3.8) is 0 Å². The van der Waals surface area contributed by atoms with Crippen LogP contribution in [0.2, 0.25) is 5.02 Å². The SMILES string of the molecule is COC1CCCC(S(=O)c2ccc(Cl)c(C(=O)O)c2)C1. The molecule has 0 bridgehead atoms. The van der Waals surface area contributed by atoms with E-state index in [2.05, 4.69) is 0 Å². The fraction of sp³-hybridized carbons (Fsp3) is 0.500. The summed E-state index contributed by atoms with van der Waals surface area (Å²) in [4.78, 5) is 11.6. The molecule has 1 aromatic rings. The molecular formula is C14H17ClO4S. The third-order valence-corrected chi connectivity index (χ3v) is 5.70. The van der Waals surface area contributed by atoms with E-state index < -0.39 is 16.8 Å². The summed E-state index contributed by atoms with van der Waals surface area (Å²) >= 11 is 5.83. The number of hydrogen-bond donors (Lipinski definition) is 1. The molecule has 0 amide bonds. The van der Waals surface area contributed by atoms with Gasteiger partial charge in [-0.1, -0.05) is 11.6 Å². The summed E-state index contributed by atoms with van der Waals surface area (Å²) in [5.41, 5.74) is -0.00313. The predicted octanol–water partition coefficient (Wildman–Crippen LogP) is 3.10. The Balaban J connectivity index is 2.20. The highest BCUT2D eigenvalue weighted by molar-refractivity contribution is 7.85. The summed E-state index contributed by atoms with van der Waals surface area (Å²) in [6.07, 6.45) is 3.73. The molecule has 6 heteroatoms. The van der Waals surface area contributed by atoms with Gasteiger partial charge in [0, 0.05) is 17.3 Å². The van der Waals surface area contributed by atoms with Crippen molar-refractivity contribution < 1.29 is 18.8 Å². The second kappa shape index (κ2) is 6.70. The first-order valence-corrected chi connectivity index (χ1v) is 8.08. The number of carboxylic acids is 1. The first kappa shape index (κ1) is 15.5. The standard InChI is InChI=1S/C14H17ClO4S/c1-19-9-3-2-4-10(7-9)20(18)11-5-6-13(15)12(8-11)14(16)17/h5-6,8-10H,2-4,7H2,1H3,(H,16,17). The Bertz CT molecular complexity index is 532. The highest BCUT2D eigenvalue weighted by atomic mass is 35.5. The van der Waals surface area contributed by atoms with Crippen molar-refractivity contribution in [3.8, 4) is 0 Å². The Hall–Kier alpha value is -0.910. The van der Waals surface area contributed by atoms with Gasteiger partial charge in [0.1, 0.15) is 0 Å². The van der Waals surface area contributed by atoms with Gasteiger partial charge in [0.05, 0.1) is 27.5 Å². The van der Waals surface area contributed by atoms with Crippen molar-refractivity contribution in [1.82, 2.24) is 0 Å². The third kappa shape index (κ3) is 3.40. The van der Waals surface area contributed by atoms with E-state index in [1.54, 1.807) is 13.2 Å². The molecule has 0 aromatic heterocycles. The van der Waals surface area contributed by atoms with Crippen LogP contribution in [-0.4, -0.2) is 33.7 Å². The molecule has 1 fully saturated rings. The minimum absolute atomic E-state index is 0.00313. The van der Waals surface area contributed by atoms with E-state index in [-0.39, 0.29) is 21.9 Å². The van der Waals surface area contributed by atoms with Crippen molar-refractivity contribution in [2.75, 3.05) is 7.11 Å². The maximum absolute atomic E-state index is 12.6.